The smallest absolute Gasteiger partial charge is 0.123 e. The molecule has 2 N–H and O–H groups in total. The van der Waals surface area contributed by atoms with Crippen LogP contribution in [0, 0.1) is 5.82 Å². The van der Waals surface area contributed by atoms with Crippen LogP contribution in [0.1, 0.15) is 18.0 Å². The molecule has 0 radical (unpaired) electrons. The molecule has 4 nitrogen and oxygen atoms in total. The van der Waals surface area contributed by atoms with Gasteiger partial charge in [0.05, 0.1) is 13.2 Å². The highest BCUT2D eigenvalue weighted by molar-refractivity contribution is 5.19. The molecule has 1 rings (SSSR count). The third-order valence-corrected chi connectivity index (χ3v) is 3.28. The molecule has 0 aliphatic heterocycles. The predicted octanol–water partition coefficient (Wildman–Crippen LogP) is 1.81. The molecular formula is C15H25FN2O2. The molecule has 0 spiro atoms. The Kier molecular flexibility index (Phi) is 8.37. The van der Waals surface area contributed by atoms with Crippen LogP contribution in [0.3, 0.4) is 0 Å². The second-order valence-corrected chi connectivity index (χ2v) is 4.77. The van der Waals surface area contributed by atoms with Crippen molar-refractivity contribution in [2.24, 2.45) is 5.73 Å². The molecule has 0 fully saturated rings. The van der Waals surface area contributed by atoms with E-state index in [0.717, 1.165) is 31.6 Å². The molecule has 0 heterocycles. The van der Waals surface area contributed by atoms with Crippen molar-refractivity contribution in [1.29, 1.82) is 0 Å². The van der Waals surface area contributed by atoms with E-state index in [0.29, 0.717) is 13.2 Å². The number of methoxy groups -OCH3 is 2. The van der Waals surface area contributed by atoms with Crippen molar-refractivity contribution in [1.82, 2.24) is 4.90 Å². The number of hydrogen-bond acceptors (Lipinski definition) is 4. The summed E-state index contributed by atoms with van der Waals surface area (Å²) in [5.41, 5.74) is 7.10. The van der Waals surface area contributed by atoms with Gasteiger partial charge in [-0.1, -0.05) is 12.1 Å². The summed E-state index contributed by atoms with van der Waals surface area (Å²) in [6, 6.07) is 6.30. The number of ether oxygens (including phenoxy) is 2. The molecular weight excluding hydrogens is 259 g/mol. The minimum Gasteiger partial charge on any atom is -0.383 e. The highest BCUT2D eigenvalue weighted by Gasteiger charge is 2.10. The van der Waals surface area contributed by atoms with E-state index in [1.54, 1.807) is 26.4 Å². The number of halogens is 1. The first-order valence-corrected chi connectivity index (χ1v) is 6.88. The van der Waals surface area contributed by atoms with E-state index in [4.69, 9.17) is 15.2 Å². The van der Waals surface area contributed by atoms with E-state index in [-0.39, 0.29) is 11.9 Å². The zero-order valence-electron chi connectivity index (χ0n) is 12.3. The number of hydrogen-bond donors (Lipinski definition) is 1. The fraction of sp³-hybridized carbons (Fsp3) is 0.600. The number of benzene rings is 1. The largest absolute Gasteiger partial charge is 0.383 e. The van der Waals surface area contributed by atoms with Crippen LogP contribution in [0.5, 0.6) is 0 Å². The summed E-state index contributed by atoms with van der Waals surface area (Å²) in [5, 5.41) is 0. The first kappa shape index (κ1) is 17.0. The highest BCUT2D eigenvalue weighted by Crippen LogP contribution is 2.15. The maximum absolute atomic E-state index is 12.9. The third-order valence-electron chi connectivity index (χ3n) is 3.28. The van der Waals surface area contributed by atoms with Crippen molar-refractivity contribution < 1.29 is 13.9 Å². The molecule has 0 saturated carbocycles. The van der Waals surface area contributed by atoms with E-state index in [1.165, 1.54) is 12.1 Å². The molecule has 0 aliphatic carbocycles. The molecule has 1 unspecified atom stereocenters. The zero-order valence-corrected chi connectivity index (χ0v) is 12.3. The maximum Gasteiger partial charge on any atom is 0.123 e. The van der Waals surface area contributed by atoms with Crippen molar-refractivity contribution >= 4 is 0 Å². The number of nitrogens with two attached hydrogens (primary N) is 1. The number of nitrogens with zero attached hydrogens (tertiary/aromatic N) is 1. The van der Waals surface area contributed by atoms with Gasteiger partial charge in [0.25, 0.3) is 0 Å². The minimum absolute atomic E-state index is 0.0804. The van der Waals surface area contributed by atoms with Gasteiger partial charge in [-0.15, -0.1) is 0 Å². The van der Waals surface area contributed by atoms with Gasteiger partial charge in [-0.2, -0.15) is 0 Å². The topological polar surface area (TPSA) is 47.7 Å². The van der Waals surface area contributed by atoms with Gasteiger partial charge < -0.3 is 15.2 Å². The van der Waals surface area contributed by atoms with Crippen LogP contribution >= 0.6 is 0 Å². The van der Waals surface area contributed by atoms with Crippen molar-refractivity contribution in [2.45, 2.75) is 12.5 Å². The summed E-state index contributed by atoms with van der Waals surface area (Å²) >= 11 is 0. The summed E-state index contributed by atoms with van der Waals surface area (Å²) in [4.78, 5) is 2.26. The maximum atomic E-state index is 12.9. The average molecular weight is 284 g/mol. The highest BCUT2D eigenvalue weighted by atomic mass is 19.1. The second-order valence-electron chi connectivity index (χ2n) is 4.77. The summed E-state index contributed by atoms with van der Waals surface area (Å²) in [6.45, 7) is 3.96. The van der Waals surface area contributed by atoms with Gasteiger partial charge in [0.1, 0.15) is 5.82 Å². The Balaban J connectivity index is 2.41. The van der Waals surface area contributed by atoms with E-state index in [1.807, 2.05) is 0 Å². The molecule has 1 aromatic carbocycles. The zero-order chi connectivity index (χ0) is 14.8. The fourth-order valence-electron chi connectivity index (χ4n) is 1.97. The normalized spacial score (nSPS) is 12.8. The van der Waals surface area contributed by atoms with Crippen molar-refractivity contribution in [2.75, 3.05) is 47.1 Å². The lowest BCUT2D eigenvalue weighted by atomic mass is 10.0. The molecule has 1 aromatic rings. The Labute approximate surface area is 120 Å². The fourth-order valence-corrected chi connectivity index (χ4v) is 1.97. The van der Waals surface area contributed by atoms with Gasteiger partial charge in [0.2, 0.25) is 0 Å². The predicted molar refractivity (Wildman–Crippen MR) is 78.1 cm³/mol. The van der Waals surface area contributed by atoms with E-state index in [2.05, 4.69) is 4.90 Å². The summed E-state index contributed by atoms with van der Waals surface area (Å²) in [6.07, 6.45) is 0.819. The molecule has 0 aliphatic rings. The van der Waals surface area contributed by atoms with Crippen molar-refractivity contribution in [3.63, 3.8) is 0 Å². The van der Waals surface area contributed by atoms with Gasteiger partial charge in [0, 0.05) is 39.9 Å². The monoisotopic (exact) mass is 284 g/mol. The van der Waals surface area contributed by atoms with Crippen LogP contribution < -0.4 is 5.73 Å². The van der Waals surface area contributed by atoms with Gasteiger partial charge in [-0.05, 0) is 24.1 Å². The third kappa shape index (κ3) is 6.43. The lowest BCUT2D eigenvalue weighted by molar-refractivity contribution is 0.112. The van der Waals surface area contributed by atoms with Crippen LogP contribution in [-0.2, 0) is 9.47 Å². The van der Waals surface area contributed by atoms with Crippen LogP contribution in [-0.4, -0.2) is 52.0 Å². The molecule has 0 saturated heterocycles. The quantitative estimate of drug-likeness (QED) is 0.712. The van der Waals surface area contributed by atoms with Crippen LogP contribution in [0.4, 0.5) is 4.39 Å². The molecule has 5 heteroatoms. The molecule has 0 amide bonds. The van der Waals surface area contributed by atoms with Gasteiger partial charge in [-0.25, -0.2) is 4.39 Å². The van der Waals surface area contributed by atoms with Crippen LogP contribution in [0.25, 0.3) is 0 Å². The SMILES string of the molecule is COCCN(CCOC)CCC(N)c1ccc(F)cc1. The first-order chi connectivity index (χ1) is 9.67. The van der Waals surface area contributed by atoms with E-state index in [9.17, 15) is 4.39 Å². The Bertz CT molecular complexity index is 351. The molecule has 0 bridgehead atoms. The van der Waals surface area contributed by atoms with E-state index < -0.39 is 0 Å². The number of rotatable bonds is 10. The summed E-state index contributed by atoms with van der Waals surface area (Å²) in [7, 11) is 3.39. The minimum atomic E-state index is -0.234. The average Bonchev–Trinajstić information content (AvgIpc) is 2.47. The second kappa shape index (κ2) is 9.83. The summed E-state index contributed by atoms with van der Waals surface area (Å²) in [5.74, 6) is -0.234. The molecule has 1 atom stereocenters. The van der Waals surface area contributed by atoms with E-state index >= 15 is 0 Å². The van der Waals surface area contributed by atoms with Gasteiger partial charge in [-0.3, -0.25) is 4.90 Å². The lowest BCUT2D eigenvalue weighted by Gasteiger charge is -2.23. The standard InChI is InChI=1S/C15H25FN2O2/c1-19-11-9-18(10-12-20-2)8-7-15(17)13-3-5-14(16)6-4-13/h3-6,15H,7-12,17H2,1-2H3. The van der Waals surface area contributed by atoms with Gasteiger partial charge in [0.15, 0.2) is 0 Å². The Morgan fingerprint density at radius 2 is 1.60 bits per heavy atom. The van der Waals surface area contributed by atoms with Crippen molar-refractivity contribution in [3.05, 3.63) is 35.6 Å². The molecule has 20 heavy (non-hydrogen) atoms. The molecule has 0 aromatic heterocycles. The Morgan fingerprint density at radius 3 is 2.10 bits per heavy atom. The van der Waals surface area contributed by atoms with Gasteiger partial charge >= 0.3 is 0 Å². The van der Waals surface area contributed by atoms with Crippen LogP contribution in [0.15, 0.2) is 24.3 Å². The first-order valence-electron chi connectivity index (χ1n) is 6.88. The Morgan fingerprint density at radius 1 is 1.05 bits per heavy atom. The lowest BCUT2D eigenvalue weighted by Crippen LogP contribution is -2.33. The summed E-state index contributed by atoms with van der Waals surface area (Å²) < 4.78 is 23.1. The van der Waals surface area contributed by atoms with Crippen LogP contribution in [0.2, 0.25) is 0 Å². The van der Waals surface area contributed by atoms with Crippen molar-refractivity contribution in [3.8, 4) is 0 Å². The Hall–Kier alpha value is -1.01. The molecule has 114 valence electrons.